The molecule has 0 radical (unpaired) electrons. The van der Waals surface area contributed by atoms with Crippen molar-refractivity contribution in [3.8, 4) is 0 Å². The zero-order valence-corrected chi connectivity index (χ0v) is 13.9. The predicted octanol–water partition coefficient (Wildman–Crippen LogP) is 4.75. The van der Waals surface area contributed by atoms with Gasteiger partial charge in [-0.25, -0.2) is 17.6 Å². The molecule has 1 aliphatic carbocycles. The Balaban J connectivity index is 1.99. The van der Waals surface area contributed by atoms with Crippen LogP contribution in [0.15, 0.2) is 24.3 Å². The number of anilines is 1. The fourth-order valence-corrected chi connectivity index (χ4v) is 3.23. The fraction of sp³-hybridized carbons (Fsp3) is 0.278. The molecule has 2 aromatic carbocycles. The van der Waals surface area contributed by atoms with Crippen molar-refractivity contribution >= 4 is 11.5 Å². The van der Waals surface area contributed by atoms with Crippen molar-refractivity contribution in [1.82, 2.24) is 0 Å². The van der Waals surface area contributed by atoms with Crippen LogP contribution in [0.5, 0.6) is 0 Å². The van der Waals surface area contributed by atoms with Gasteiger partial charge in [0, 0.05) is 17.9 Å². The number of hydrogen-bond donors (Lipinski definition) is 2. The van der Waals surface area contributed by atoms with Crippen molar-refractivity contribution in [1.29, 1.82) is 0 Å². The Bertz CT molecular complexity index is 913. The third-order valence-electron chi connectivity index (χ3n) is 4.56. The monoisotopic (exact) mass is 407 g/mol. The van der Waals surface area contributed by atoms with Crippen molar-refractivity contribution in [2.75, 3.05) is 5.32 Å². The summed E-state index contributed by atoms with van der Waals surface area (Å²) in [5.74, 6) is -11.0. The maximum atomic E-state index is 14.0. The van der Waals surface area contributed by atoms with E-state index in [-0.39, 0.29) is 24.2 Å². The molecule has 0 fully saturated rings. The molecule has 28 heavy (non-hydrogen) atoms. The van der Waals surface area contributed by atoms with Crippen molar-refractivity contribution in [3.63, 3.8) is 0 Å². The molecule has 2 atom stereocenters. The third-order valence-corrected chi connectivity index (χ3v) is 4.56. The molecular formula is C18H12F7NO2. The molecule has 2 N–H and O–H groups in total. The number of carbonyl (C=O) groups is 1. The van der Waals surface area contributed by atoms with Gasteiger partial charge in [-0.1, -0.05) is 24.3 Å². The molecule has 0 spiro atoms. The lowest BCUT2D eigenvalue weighted by molar-refractivity contribution is -0.143. The van der Waals surface area contributed by atoms with Crippen LogP contribution < -0.4 is 5.32 Å². The van der Waals surface area contributed by atoms with E-state index in [9.17, 15) is 40.6 Å². The average Bonchev–Trinajstić information content (AvgIpc) is 2.63. The largest absolute Gasteiger partial charge is 0.422 e. The summed E-state index contributed by atoms with van der Waals surface area (Å²) in [6.45, 7) is 0. The van der Waals surface area contributed by atoms with Gasteiger partial charge in [0.25, 0.3) is 0 Å². The summed E-state index contributed by atoms with van der Waals surface area (Å²) in [6, 6.07) is 6.09. The van der Waals surface area contributed by atoms with E-state index in [1.54, 1.807) is 12.1 Å². The number of halogens is 7. The molecule has 3 rings (SSSR count). The Morgan fingerprint density at radius 2 is 1.57 bits per heavy atom. The van der Waals surface area contributed by atoms with Crippen LogP contribution in [0, 0.1) is 23.3 Å². The molecule has 0 amide bonds. The fourth-order valence-electron chi connectivity index (χ4n) is 3.23. The number of fused-ring (bicyclic) bond motifs is 1. The summed E-state index contributed by atoms with van der Waals surface area (Å²) in [7, 11) is 0. The zero-order chi connectivity index (χ0) is 20.8. The molecule has 2 unspecified atom stereocenters. The Kier molecular flexibility index (Phi) is 5.09. The highest BCUT2D eigenvalue weighted by Crippen LogP contribution is 2.40. The third kappa shape index (κ3) is 3.32. The van der Waals surface area contributed by atoms with E-state index < -0.39 is 52.8 Å². The van der Waals surface area contributed by atoms with Gasteiger partial charge >= 0.3 is 6.18 Å². The summed E-state index contributed by atoms with van der Waals surface area (Å²) < 4.78 is 93.4. The lowest BCUT2D eigenvalue weighted by Crippen LogP contribution is -2.32. The standard InChI is InChI=1S/C18H12F7NO2/c19-12-11(18(23,24)25)13(20)15(22)16(14(12)21)26-17(28)9-5-6-10(27)8-4-2-1-3-7(8)9/h1-4,9,17,26,28H,5-6H2. The molecular weight excluding hydrogens is 395 g/mol. The van der Waals surface area contributed by atoms with E-state index in [1.807, 2.05) is 5.32 Å². The lowest BCUT2D eigenvalue weighted by atomic mass is 9.81. The summed E-state index contributed by atoms with van der Waals surface area (Å²) in [5, 5.41) is 12.1. The van der Waals surface area contributed by atoms with Gasteiger partial charge in [0.15, 0.2) is 29.1 Å². The molecule has 2 aromatic rings. The van der Waals surface area contributed by atoms with Crippen molar-refractivity contribution in [2.24, 2.45) is 0 Å². The number of rotatable bonds is 3. The van der Waals surface area contributed by atoms with Crippen LogP contribution in [0.3, 0.4) is 0 Å². The lowest BCUT2D eigenvalue weighted by Gasteiger charge is -2.30. The number of hydrogen-bond acceptors (Lipinski definition) is 3. The van der Waals surface area contributed by atoms with E-state index in [0.717, 1.165) is 0 Å². The van der Waals surface area contributed by atoms with Gasteiger partial charge in [0.05, 0.1) is 0 Å². The number of Topliss-reactive ketones (excluding diaryl/α,β-unsaturated/α-hetero) is 1. The van der Waals surface area contributed by atoms with Crippen molar-refractivity contribution < 1.29 is 40.6 Å². The van der Waals surface area contributed by atoms with Gasteiger partial charge in [-0.3, -0.25) is 4.79 Å². The normalized spacial score (nSPS) is 18.0. The van der Waals surface area contributed by atoms with Crippen LogP contribution in [-0.4, -0.2) is 17.1 Å². The number of benzene rings is 2. The van der Waals surface area contributed by atoms with Gasteiger partial charge in [0.2, 0.25) is 0 Å². The highest BCUT2D eigenvalue weighted by molar-refractivity contribution is 5.98. The Hall–Kier alpha value is -2.62. The van der Waals surface area contributed by atoms with Crippen LogP contribution in [0.2, 0.25) is 0 Å². The van der Waals surface area contributed by atoms with Gasteiger partial charge in [0.1, 0.15) is 17.5 Å². The topological polar surface area (TPSA) is 49.3 Å². The van der Waals surface area contributed by atoms with Crippen LogP contribution in [0.4, 0.5) is 36.4 Å². The minimum absolute atomic E-state index is 0.00111. The maximum absolute atomic E-state index is 14.0. The van der Waals surface area contributed by atoms with E-state index >= 15 is 0 Å². The van der Waals surface area contributed by atoms with Crippen LogP contribution in [-0.2, 0) is 6.18 Å². The number of aliphatic hydroxyl groups excluding tert-OH is 1. The quantitative estimate of drug-likeness (QED) is 0.439. The zero-order valence-electron chi connectivity index (χ0n) is 13.9. The molecule has 0 saturated carbocycles. The van der Waals surface area contributed by atoms with E-state index in [4.69, 9.17) is 0 Å². The first-order valence-electron chi connectivity index (χ1n) is 8.04. The average molecular weight is 407 g/mol. The molecule has 0 aliphatic heterocycles. The van der Waals surface area contributed by atoms with Gasteiger partial charge in [-0.2, -0.15) is 13.2 Å². The summed E-state index contributed by atoms with van der Waals surface area (Å²) in [4.78, 5) is 11.9. The van der Waals surface area contributed by atoms with Gasteiger partial charge in [-0.15, -0.1) is 0 Å². The Morgan fingerprint density at radius 1 is 1.00 bits per heavy atom. The SMILES string of the molecule is O=C1CCC(C(O)Nc2c(F)c(F)c(C(F)(F)F)c(F)c2F)c2ccccc21. The van der Waals surface area contributed by atoms with E-state index in [1.165, 1.54) is 12.1 Å². The van der Waals surface area contributed by atoms with Gasteiger partial charge < -0.3 is 10.4 Å². The molecule has 0 saturated heterocycles. The van der Waals surface area contributed by atoms with Crippen LogP contribution in [0.25, 0.3) is 0 Å². The predicted molar refractivity (Wildman–Crippen MR) is 83.7 cm³/mol. The van der Waals surface area contributed by atoms with E-state index in [0.29, 0.717) is 5.56 Å². The second-order valence-corrected chi connectivity index (χ2v) is 6.25. The van der Waals surface area contributed by atoms with Crippen LogP contribution >= 0.6 is 0 Å². The number of nitrogens with one attached hydrogen (secondary N) is 1. The highest BCUT2D eigenvalue weighted by Gasteiger charge is 2.43. The van der Waals surface area contributed by atoms with E-state index in [2.05, 4.69) is 0 Å². The van der Waals surface area contributed by atoms with Crippen LogP contribution in [0.1, 0.15) is 40.2 Å². The molecule has 10 heteroatoms. The molecule has 1 aliphatic rings. The smallest absolute Gasteiger partial charge is 0.373 e. The maximum Gasteiger partial charge on any atom is 0.422 e. The van der Waals surface area contributed by atoms with Gasteiger partial charge in [-0.05, 0) is 12.0 Å². The molecule has 0 bridgehead atoms. The molecule has 0 heterocycles. The second-order valence-electron chi connectivity index (χ2n) is 6.25. The highest BCUT2D eigenvalue weighted by atomic mass is 19.4. The first kappa shape index (κ1) is 20.1. The summed E-state index contributed by atoms with van der Waals surface area (Å²) in [5.41, 5.74) is -3.65. The minimum atomic E-state index is -5.66. The molecule has 0 aromatic heterocycles. The molecule has 150 valence electrons. The van der Waals surface area contributed by atoms with Crippen molar-refractivity contribution in [2.45, 2.75) is 31.2 Å². The minimum Gasteiger partial charge on any atom is -0.373 e. The summed E-state index contributed by atoms with van der Waals surface area (Å²) >= 11 is 0. The number of ketones is 1. The number of carbonyl (C=O) groups excluding carboxylic acids is 1. The summed E-state index contributed by atoms with van der Waals surface area (Å²) in [6.07, 6.45) is -7.43. The second kappa shape index (κ2) is 7.08. The number of alkyl halides is 3. The Labute approximate surface area is 153 Å². The first-order valence-corrected chi connectivity index (χ1v) is 8.04. The Morgan fingerprint density at radius 3 is 2.14 bits per heavy atom. The van der Waals surface area contributed by atoms with Crippen molar-refractivity contribution in [3.05, 3.63) is 64.2 Å². The first-order chi connectivity index (χ1) is 13.0. The molecule has 3 nitrogen and oxygen atoms in total. The number of aliphatic hydroxyl groups is 1.